The van der Waals surface area contributed by atoms with E-state index in [1.54, 1.807) is 48.5 Å². The van der Waals surface area contributed by atoms with Gasteiger partial charge in [-0.25, -0.2) is 4.79 Å². The molecule has 0 bridgehead atoms. The number of rotatable bonds is 7. The van der Waals surface area contributed by atoms with Gasteiger partial charge >= 0.3 is 6.09 Å². The van der Waals surface area contributed by atoms with Crippen LogP contribution in [0.15, 0.2) is 78.9 Å². The molecule has 1 fully saturated rings. The summed E-state index contributed by atoms with van der Waals surface area (Å²) in [5.41, 5.74) is 3.72. The molecule has 3 aromatic carbocycles. The van der Waals surface area contributed by atoms with Gasteiger partial charge in [0, 0.05) is 17.8 Å². The number of hydrogen-bond donors (Lipinski definition) is 2. The Morgan fingerprint density at radius 2 is 1.71 bits per heavy atom. The van der Waals surface area contributed by atoms with Gasteiger partial charge in [-0.2, -0.15) is 0 Å². The first-order valence-electron chi connectivity index (χ1n) is 11.2. The third-order valence-corrected chi connectivity index (χ3v) is 5.69. The largest absolute Gasteiger partial charge is 0.438 e. The first-order chi connectivity index (χ1) is 16.5. The van der Waals surface area contributed by atoms with Crippen molar-refractivity contribution in [3.63, 3.8) is 0 Å². The first kappa shape index (κ1) is 23.0. The van der Waals surface area contributed by atoms with Crippen molar-refractivity contribution in [3.8, 4) is 0 Å². The van der Waals surface area contributed by atoms with E-state index in [1.807, 2.05) is 44.2 Å². The lowest BCUT2D eigenvalue weighted by Crippen LogP contribution is -2.46. The lowest BCUT2D eigenvalue weighted by Gasteiger charge is -2.24. The van der Waals surface area contributed by atoms with Crippen LogP contribution in [-0.2, 0) is 16.1 Å². The number of anilines is 1. The van der Waals surface area contributed by atoms with Crippen molar-refractivity contribution in [1.29, 1.82) is 0 Å². The number of cyclic esters (lactones) is 1. The zero-order valence-electron chi connectivity index (χ0n) is 19.2. The predicted octanol–water partition coefficient (Wildman–Crippen LogP) is 4.45. The van der Waals surface area contributed by atoms with Crippen LogP contribution in [0.4, 0.5) is 10.5 Å². The number of amides is 3. The molecule has 0 radical (unpaired) electrons. The van der Waals surface area contributed by atoms with Gasteiger partial charge in [0.1, 0.15) is 0 Å². The van der Waals surface area contributed by atoms with Crippen LogP contribution >= 0.6 is 0 Å². The molecule has 7 nitrogen and oxygen atoms in total. The SMILES string of the molecule is CCNC(=O)[C@H]1[C@H](c2cccc(NC(=O)c3ccccc3)c2)OC(=O)N1Cc1ccc(C)cc1. The smallest absolute Gasteiger partial charge is 0.411 e. The maximum absolute atomic E-state index is 13.0. The van der Waals surface area contributed by atoms with Gasteiger partial charge in [0.25, 0.3) is 5.91 Å². The molecule has 2 atom stereocenters. The highest BCUT2D eigenvalue weighted by molar-refractivity contribution is 6.04. The quantitative estimate of drug-likeness (QED) is 0.549. The lowest BCUT2D eigenvalue weighted by atomic mass is 10.00. The van der Waals surface area contributed by atoms with Crippen molar-refractivity contribution in [2.75, 3.05) is 11.9 Å². The maximum Gasteiger partial charge on any atom is 0.411 e. The topological polar surface area (TPSA) is 87.7 Å². The summed E-state index contributed by atoms with van der Waals surface area (Å²) < 4.78 is 5.69. The van der Waals surface area contributed by atoms with Crippen LogP contribution in [0.1, 0.15) is 40.1 Å². The molecule has 0 aliphatic carbocycles. The minimum atomic E-state index is -0.839. The molecule has 1 aliphatic rings. The number of carbonyl (C=O) groups is 3. The van der Waals surface area contributed by atoms with Crippen LogP contribution in [0.2, 0.25) is 0 Å². The lowest BCUT2D eigenvalue weighted by molar-refractivity contribution is -0.126. The van der Waals surface area contributed by atoms with Crippen LogP contribution in [-0.4, -0.2) is 35.4 Å². The number of benzene rings is 3. The second-order valence-electron chi connectivity index (χ2n) is 8.20. The highest BCUT2D eigenvalue weighted by Gasteiger charge is 2.46. The molecule has 1 saturated heterocycles. The van der Waals surface area contributed by atoms with Gasteiger partial charge in [0.05, 0.1) is 6.54 Å². The molecular weight excluding hydrogens is 430 g/mol. The monoisotopic (exact) mass is 457 g/mol. The molecule has 7 heteroatoms. The number of hydrogen-bond acceptors (Lipinski definition) is 4. The third-order valence-electron chi connectivity index (χ3n) is 5.69. The average molecular weight is 458 g/mol. The van der Waals surface area contributed by atoms with E-state index >= 15 is 0 Å². The molecular formula is C27H27N3O4. The molecule has 1 aliphatic heterocycles. The van der Waals surface area contributed by atoms with Crippen molar-refractivity contribution >= 4 is 23.6 Å². The molecule has 0 spiro atoms. The molecule has 34 heavy (non-hydrogen) atoms. The molecule has 3 aromatic rings. The maximum atomic E-state index is 13.0. The molecule has 174 valence electrons. The van der Waals surface area contributed by atoms with Crippen molar-refractivity contribution in [1.82, 2.24) is 10.2 Å². The Morgan fingerprint density at radius 3 is 2.41 bits per heavy atom. The fourth-order valence-corrected chi connectivity index (χ4v) is 3.97. The number of ether oxygens (including phenoxy) is 1. The second-order valence-corrected chi connectivity index (χ2v) is 8.20. The van der Waals surface area contributed by atoms with Crippen LogP contribution in [0.5, 0.6) is 0 Å². The van der Waals surface area contributed by atoms with Crippen molar-refractivity contribution in [2.45, 2.75) is 32.5 Å². The third kappa shape index (κ3) is 5.09. The summed E-state index contributed by atoms with van der Waals surface area (Å²) in [7, 11) is 0. The Morgan fingerprint density at radius 1 is 0.971 bits per heavy atom. The number of nitrogens with one attached hydrogen (secondary N) is 2. The summed E-state index contributed by atoms with van der Waals surface area (Å²) in [5, 5.41) is 5.68. The van der Waals surface area contributed by atoms with E-state index in [2.05, 4.69) is 10.6 Å². The van der Waals surface area contributed by atoms with Crippen molar-refractivity contribution in [2.24, 2.45) is 0 Å². The summed E-state index contributed by atoms with van der Waals surface area (Å²) in [5.74, 6) is -0.536. The predicted molar refractivity (Wildman–Crippen MR) is 129 cm³/mol. The van der Waals surface area contributed by atoms with Crippen LogP contribution < -0.4 is 10.6 Å². The molecule has 2 N–H and O–H groups in total. The van der Waals surface area contributed by atoms with E-state index in [1.165, 1.54) is 4.90 Å². The van der Waals surface area contributed by atoms with E-state index < -0.39 is 18.2 Å². The Hall–Kier alpha value is -4.13. The normalized spacial score (nSPS) is 17.2. The molecule has 1 heterocycles. The fourth-order valence-electron chi connectivity index (χ4n) is 3.97. The zero-order valence-corrected chi connectivity index (χ0v) is 19.2. The Labute approximate surface area is 198 Å². The molecule has 0 saturated carbocycles. The second kappa shape index (κ2) is 10.2. The molecule has 4 rings (SSSR count). The van der Waals surface area contributed by atoms with Gasteiger partial charge in [-0.1, -0.05) is 60.2 Å². The van der Waals surface area contributed by atoms with Gasteiger partial charge in [-0.15, -0.1) is 0 Å². The highest BCUT2D eigenvalue weighted by atomic mass is 16.6. The fraction of sp³-hybridized carbons (Fsp3) is 0.222. The number of likely N-dealkylation sites (N-methyl/N-ethyl adjacent to an activating group) is 1. The summed E-state index contributed by atoms with van der Waals surface area (Å²) in [6.07, 6.45) is -1.36. The Bertz CT molecular complexity index is 1180. The Kier molecular flexibility index (Phi) is 6.92. The van der Waals surface area contributed by atoms with Gasteiger partial charge < -0.3 is 15.4 Å². The van der Waals surface area contributed by atoms with E-state index in [9.17, 15) is 14.4 Å². The van der Waals surface area contributed by atoms with Crippen LogP contribution in [0.3, 0.4) is 0 Å². The standard InChI is InChI=1S/C27H27N3O4/c1-3-28-26(32)23-24(34-27(33)30(23)17-19-14-12-18(2)13-15-19)21-10-7-11-22(16-21)29-25(31)20-8-5-4-6-9-20/h4-16,23-24H,3,17H2,1-2H3,(H,28,32)(H,29,31)/t23-,24+/m1/s1. The van der Waals surface area contributed by atoms with E-state index in [0.29, 0.717) is 23.4 Å². The molecule has 0 unspecified atom stereocenters. The van der Waals surface area contributed by atoms with Gasteiger partial charge in [0.2, 0.25) is 5.91 Å². The average Bonchev–Trinajstić information content (AvgIpc) is 3.17. The number of carbonyl (C=O) groups excluding carboxylic acids is 3. The van der Waals surface area contributed by atoms with E-state index in [0.717, 1.165) is 11.1 Å². The molecule has 0 aromatic heterocycles. The number of nitrogens with zero attached hydrogens (tertiary/aromatic N) is 1. The van der Waals surface area contributed by atoms with Gasteiger partial charge in [-0.3, -0.25) is 14.5 Å². The van der Waals surface area contributed by atoms with Gasteiger partial charge in [-0.05, 0) is 49.2 Å². The van der Waals surface area contributed by atoms with Crippen molar-refractivity contribution in [3.05, 3.63) is 101 Å². The van der Waals surface area contributed by atoms with Crippen molar-refractivity contribution < 1.29 is 19.1 Å². The Balaban J connectivity index is 1.59. The summed E-state index contributed by atoms with van der Waals surface area (Å²) in [4.78, 5) is 39.9. The number of aryl methyl sites for hydroxylation is 1. The minimum absolute atomic E-state index is 0.248. The summed E-state index contributed by atoms with van der Waals surface area (Å²) in [6, 6.07) is 22.9. The first-order valence-corrected chi connectivity index (χ1v) is 11.2. The summed E-state index contributed by atoms with van der Waals surface area (Å²) >= 11 is 0. The highest BCUT2D eigenvalue weighted by Crippen LogP contribution is 2.35. The van der Waals surface area contributed by atoms with Crippen LogP contribution in [0, 0.1) is 6.92 Å². The minimum Gasteiger partial charge on any atom is -0.438 e. The molecule has 3 amide bonds. The zero-order chi connectivity index (χ0) is 24.1. The van der Waals surface area contributed by atoms with Crippen LogP contribution in [0.25, 0.3) is 0 Å². The van der Waals surface area contributed by atoms with E-state index in [-0.39, 0.29) is 18.4 Å². The summed E-state index contributed by atoms with van der Waals surface area (Å²) in [6.45, 7) is 4.50. The van der Waals surface area contributed by atoms with E-state index in [4.69, 9.17) is 4.74 Å². The van der Waals surface area contributed by atoms with Gasteiger partial charge in [0.15, 0.2) is 12.1 Å².